The highest BCUT2D eigenvalue weighted by atomic mass is 15.1. The molecule has 0 saturated heterocycles. The molecule has 0 amide bonds. The third-order valence-electron chi connectivity index (χ3n) is 6.78. The fourth-order valence-corrected chi connectivity index (χ4v) is 5.57. The van der Waals surface area contributed by atoms with Gasteiger partial charge < -0.3 is 0 Å². The number of benzene rings is 3. The van der Waals surface area contributed by atoms with Crippen LogP contribution < -0.4 is 4.57 Å². The topological polar surface area (TPSA) is 8.29 Å². The van der Waals surface area contributed by atoms with Gasteiger partial charge in [0.1, 0.15) is 11.7 Å². The molecule has 0 fully saturated rings. The molecule has 33 heavy (non-hydrogen) atoms. The first-order chi connectivity index (χ1) is 15.9. The number of rotatable bonds is 5. The van der Waals surface area contributed by atoms with E-state index in [1.54, 1.807) is 0 Å². The van der Waals surface area contributed by atoms with Gasteiger partial charge in [0.25, 0.3) is 5.65 Å². The van der Waals surface area contributed by atoms with Crippen molar-refractivity contribution in [2.75, 3.05) is 0 Å². The van der Waals surface area contributed by atoms with E-state index in [1.807, 2.05) is 0 Å². The van der Waals surface area contributed by atoms with Gasteiger partial charge in [-0.2, -0.15) is 4.40 Å². The highest BCUT2D eigenvalue weighted by molar-refractivity contribution is 6.12. The van der Waals surface area contributed by atoms with Crippen molar-refractivity contribution in [2.45, 2.75) is 47.5 Å². The number of hydrogen-bond donors (Lipinski definition) is 0. The Morgan fingerprint density at radius 3 is 2.03 bits per heavy atom. The molecule has 2 heteroatoms. The highest BCUT2D eigenvalue weighted by Crippen LogP contribution is 2.37. The van der Waals surface area contributed by atoms with Gasteiger partial charge in [0.2, 0.25) is 0 Å². The van der Waals surface area contributed by atoms with Gasteiger partial charge in [-0.1, -0.05) is 82.3 Å². The average Bonchev–Trinajstić information content (AvgIpc) is 3.10. The van der Waals surface area contributed by atoms with E-state index >= 15 is 0 Å². The summed E-state index contributed by atoms with van der Waals surface area (Å²) in [6.07, 6.45) is 4.53. The molecule has 0 aliphatic carbocycles. The third-order valence-corrected chi connectivity index (χ3v) is 6.78. The van der Waals surface area contributed by atoms with Gasteiger partial charge in [-0.15, -0.1) is 0 Å². The molecule has 0 saturated carbocycles. The molecule has 0 aliphatic rings. The molecule has 0 unspecified atom stereocenters. The fourth-order valence-electron chi connectivity index (χ4n) is 5.57. The number of para-hydroxylation sites is 1. The van der Waals surface area contributed by atoms with Crippen LogP contribution in [-0.2, 0) is 19.9 Å². The smallest absolute Gasteiger partial charge is 0.232 e. The van der Waals surface area contributed by atoms with Crippen LogP contribution in [0.5, 0.6) is 0 Å². The molecule has 0 spiro atoms. The third kappa shape index (κ3) is 3.62. The SMILES string of the molecule is Cc1cccc2c3ccccc3n3c(-c4c(CC(C)C)cccc4CC(C)C)c[n+](C)c3c12. The van der Waals surface area contributed by atoms with Crippen molar-refractivity contribution in [3.05, 3.63) is 83.6 Å². The van der Waals surface area contributed by atoms with Crippen LogP contribution >= 0.6 is 0 Å². The molecular formula is C31H35N2+. The van der Waals surface area contributed by atoms with E-state index in [0.717, 1.165) is 12.8 Å². The number of aryl methyl sites for hydroxylation is 2. The zero-order valence-corrected chi connectivity index (χ0v) is 20.8. The maximum Gasteiger partial charge on any atom is 0.295 e. The summed E-state index contributed by atoms with van der Waals surface area (Å²) in [4.78, 5) is 0. The summed E-state index contributed by atoms with van der Waals surface area (Å²) < 4.78 is 4.86. The Hall–Kier alpha value is -3.13. The van der Waals surface area contributed by atoms with Gasteiger partial charge in [0.15, 0.2) is 5.69 Å². The van der Waals surface area contributed by atoms with E-state index in [9.17, 15) is 0 Å². The Morgan fingerprint density at radius 2 is 1.36 bits per heavy atom. The van der Waals surface area contributed by atoms with Crippen LogP contribution in [0.3, 0.4) is 0 Å². The lowest BCUT2D eigenvalue weighted by molar-refractivity contribution is -0.643. The van der Waals surface area contributed by atoms with E-state index in [4.69, 9.17) is 0 Å². The summed E-state index contributed by atoms with van der Waals surface area (Å²) in [5.74, 6) is 1.22. The molecule has 0 bridgehead atoms. The lowest BCUT2D eigenvalue weighted by atomic mass is 9.89. The zero-order chi connectivity index (χ0) is 23.3. The quantitative estimate of drug-likeness (QED) is 0.200. The lowest BCUT2D eigenvalue weighted by Crippen LogP contribution is -2.26. The first kappa shape index (κ1) is 21.7. The Morgan fingerprint density at radius 1 is 0.758 bits per heavy atom. The second kappa shape index (κ2) is 8.33. The molecule has 2 heterocycles. The summed E-state index contributed by atoms with van der Waals surface area (Å²) in [6.45, 7) is 11.5. The molecular weight excluding hydrogens is 400 g/mol. The van der Waals surface area contributed by atoms with Gasteiger partial charge in [-0.25, -0.2) is 4.57 Å². The Kier molecular flexibility index (Phi) is 5.48. The minimum atomic E-state index is 0.609. The van der Waals surface area contributed by atoms with Crippen LogP contribution in [-0.4, -0.2) is 4.40 Å². The molecule has 2 nitrogen and oxygen atoms in total. The minimum Gasteiger partial charge on any atom is -0.232 e. The van der Waals surface area contributed by atoms with E-state index in [2.05, 4.69) is 117 Å². The predicted octanol–water partition coefficient (Wildman–Crippen LogP) is 7.44. The van der Waals surface area contributed by atoms with Crippen molar-refractivity contribution < 1.29 is 4.57 Å². The second-order valence-electron chi connectivity index (χ2n) is 10.4. The molecule has 0 N–H and O–H groups in total. The Balaban J connectivity index is 1.98. The van der Waals surface area contributed by atoms with Crippen molar-refractivity contribution in [3.63, 3.8) is 0 Å². The van der Waals surface area contributed by atoms with Crippen molar-refractivity contribution in [3.8, 4) is 11.3 Å². The van der Waals surface area contributed by atoms with Crippen LogP contribution in [0.25, 0.3) is 38.6 Å². The van der Waals surface area contributed by atoms with Gasteiger partial charge in [-0.05, 0) is 54.4 Å². The normalized spacial score (nSPS) is 12.1. The summed E-state index contributed by atoms with van der Waals surface area (Å²) in [7, 11) is 2.20. The lowest BCUT2D eigenvalue weighted by Gasteiger charge is -2.16. The highest BCUT2D eigenvalue weighted by Gasteiger charge is 2.27. The van der Waals surface area contributed by atoms with E-state index in [0.29, 0.717) is 11.8 Å². The number of pyridine rings is 1. The Labute approximate surface area is 197 Å². The molecule has 2 aromatic heterocycles. The summed E-state index contributed by atoms with van der Waals surface area (Å²) in [6, 6.07) is 22.5. The van der Waals surface area contributed by atoms with Crippen molar-refractivity contribution in [1.82, 2.24) is 4.40 Å². The minimum absolute atomic E-state index is 0.609. The Bertz CT molecular complexity index is 1460. The molecule has 3 aromatic carbocycles. The van der Waals surface area contributed by atoms with E-state index in [-0.39, 0.29) is 0 Å². The molecule has 168 valence electrons. The van der Waals surface area contributed by atoms with Gasteiger partial charge >= 0.3 is 0 Å². The molecule has 0 radical (unpaired) electrons. The largest absolute Gasteiger partial charge is 0.295 e. The maximum absolute atomic E-state index is 2.52. The fraction of sp³-hybridized carbons (Fsp3) is 0.323. The van der Waals surface area contributed by atoms with Crippen LogP contribution in [0.1, 0.15) is 44.4 Å². The average molecular weight is 436 g/mol. The van der Waals surface area contributed by atoms with Gasteiger partial charge in [0, 0.05) is 16.3 Å². The summed E-state index contributed by atoms with van der Waals surface area (Å²) in [5, 5.41) is 3.99. The van der Waals surface area contributed by atoms with Gasteiger partial charge in [0.05, 0.1) is 12.4 Å². The van der Waals surface area contributed by atoms with Crippen molar-refractivity contribution in [1.29, 1.82) is 0 Å². The monoisotopic (exact) mass is 435 g/mol. The molecule has 0 aliphatic heterocycles. The molecule has 5 rings (SSSR count). The van der Waals surface area contributed by atoms with Crippen LogP contribution in [0, 0.1) is 18.8 Å². The van der Waals surface area contributed by atoms with Crippen LogP contribution in [0.4, 0.5) is 0 Å². The van der Waals surface area contributed by atoms with Crippen LogP contribution in [0.15, 0.2) is 66.9 Å². The number of nitrogens with zero attached hydrogens (tertiary/aromatic N) is 2. The first-order valence-electron chi connectivity index (χ1n) is 12.3. The molecule has 5 aromatic rings. The number of fused-ring (bicyclic) bond motifs is 6. The number of aromatic nitrogens is 2. The van der Waals surface area contributed by atoms with Crippen molar-refractivity contribution >= 4 is 27.3 Å². The van der Waals surface area contributed by atoms with E-state index in [1.165, 1.54) is 55.3 Å². The van der Waals surface area contributed by atoms with Gasteiger partial charge in [-0.3, -0.25) is 0 Å². The number of imidazole rings is 1. The molecule has 0 atom stereocenters. The zero-order valence-electron chi connectivity index (χ0n) is 20.8. The summed E-state index contributed by atoms with van der Waals surface area (Å²) >= 11 is 0. The summed E-state index contributed by atoms with van der Waals surface area (Å²) in [5.41, 5.74) is 9.51. The first-order valence-corrected chi connectivity index (χ1v) is 12.3. The standard InChI is InChI=1S/C31H35N2/c1-20(2)17-23-12-10-13-24(18-21(3)4)30(23)28-19-32(6)31-29-22(5)11-9-15-26(29)25-14-7-8-16-27(25)33(28)31/h7-16,19-21H,17-18H2,1-6H3/q+1. The van der Waals surface area contributed by atoms with Crippen LogP contribution in [0.2, 0.25) is 0 Å². The predicted molar refractivity (Wildman–Crippen MR) is 141 cm³/mol. The maximum atomic E-state index is 2.52. The van der Waals surface area contributed by atoms with E-state index < -0.39 is 0 Å². The second-order valence-corrected chi connectivity index (χ2v) is 10.4. The number of hydrogen-bond acceptors (Lipinski definition) is 0. The van der Waals surface area contributed by atoms with Crippen molar-refractivity contribution in [2.24, 2.45) is 18.9 Å².